The standard InChI is InChI=1S/C34H46N8O3S/c1-33(2,3)27-16-14-24-31(37-27)42-22-23(21-34(42,4)5)13-15-26(25-9-7-11-29(36-25)41-19-17-40(6)18-20-41)35-28-10-8-12-30(38-28)46(44,45)39-32(24)43/h7-12,14,16,23,26H,13,15,17-22H2,1-6H3,(H,35,38)(H,39,43)/t23-,26+/m0/s1. The van der Waals surface area contributed by atoms with E-state index in [2.05, 4.69) is 77.5 Å². The molecule has 12 heteroatoms. The fourth-order valence-corrected chi connectivity index (χ4v) is 7.73. The SMILES string of the molecule is CN1CCN(c2cccc([C@H]3CC[C@@H]4CN(c5nc(C(C)(C)C)ccc5C(=O)NS(=O)(=O)c5cccc(n5)N3)C(C)(C)C4)n2)CC1. The first kappa shape index (κ1) is 32.2. The quantitative estimate of drug-likeness (QED) is 0.409. The summed E-state index contributed by atoms with van der Waals surface area (Å²) in [6.45, 7) is 15.1. The summed E-state index contributed by atoms with van der Waals surface area (Å²) in [4.78, 5) is 35.1. The molecule has 2 atom stereocenters. The van der Waals surface area contributed by atoms with Gasteiger partial charge in [-0.2, -0.15) is 8.42 Å². The number of amides is 1. The molecule has 0 radical (unpaired) electrons. The van der Waals surface area contributed by atoms with Crippen LogP contribution in [0.5, 0.6) is 0 Å². The van der Waals surface area contributed by atoms with Gasteiger partial charge in [0.2, 0.25) is 0 Å². The first-order chi connectivity index (χ1) is 21.7. The summed E-state index contributed by atoms with van der Waals surface area (Å²) in [6, 6.07) is 14.2. The van der Waals surface area contributed by atoms with Crippen molar-refractivity contribution in [1.82, 2.24) is 24.6 Å². The predicted molar refractivity (Wildman–Crippen MR) is 181 cm³/mol. The Hall–Kier alpha value is -3.77. The highest BCUT2D eigenvalue weighted by atomic mass is 32.2. The zero-order valence-corrected chi connectivity index (χ0v) is 28.6. The van der Waals surface area contributed by atoms with Crippen LogP contribution in [0.1, 0.15) is 81.7 Å². The average molecular weight is 647 g/mol. The van der Waals surface area contributed by atoms with E-state index < -0.39 is 15.9 Å². The number of rotatable bonds is 2. The fourth-order valence-electron chi connectivity index (χ4n) is 6.80. The molecule has 46 heavy (non-hydrogen) atoms. The Morgan fingerprint density at radius 1 is 0.913 bits per heavy atom. The molecule has 4 bridgehead atoms. The number of hydrogen-bond acceptors (Lipinski definition) is 10. The van der Waals surface area contributed by atoms with Gasteiger partial charge >= 0.3 is 0 Å². The zero-order valence-electron chi connectivity index (χ0n) is 27.7. The van der Waals surface area contributed by atoms with Crippen molar-refractivity contribution in [2.45, 2.75) is 75.9 Å². The van der Waals surface area contributed by atoms with E-state index in [0.29, 0.717) is 24.1 Å². The van der Waals surface area contributed by atoms with Crippen LogP contribution in [0.4, 0.5) is 17.5 Å². The maximum atomic E-state index is 13.7. The van der Waals surface area contributed by atoms with Crippen molar-refractivity contribution in [3.8, 4) is 0 Å². The normalized spacial score (nSPS) is 23.5. The molecule has 3 aliphatic heterocycles. The number of anilines is 3. The molecule has 11 nitrogen and oxygen atoms in total. The number of nitrogens with zero attached hydrogens (tertiary/aromatic N) is 6. The van der Waals surface area contributed by atoms with Crippen molar-refractivity contribution in [3.63, 3.8) is 0 Å². The van der Waals surface area contributed by atoms with Crippen LogP contribution in [-0.2, 0) is 15.4 Å². The van der Waals surface area contributed by atoms with E-state index in [-0.39, 0.29) is 27.6 Å². The van der Waals surface area contributed by atoms with Gasteiger partial charge in [-0.3, -0.25) is 4.79 Å². The van der Waals surface area contributed by atoms with Crippen LogP contribution in [0.2, 0.25) is 0 Å². The number of carbonyl (C=O) groups excluding carboxylic acids is 1. The van der Waals surface area contributed by atoms with Crippen LogP contribution >= 0.6 is 0 Å². The fraction of sp³-hybridized carbons (Fsp3) is 0.529. The smallest absolute Gasteiger partial charge is 0.281 e. The number of piperazine rings is 1. The summed E-state index contributed by atoms with van der Waals surface area (Å²) in [5.74, 6) is 1.47. The van der Waals surface area contributed by atoms with Gasteiger partial charge in [0.05, 0.1) is 17.3 Å². The summed E-state index contributed by atoms with van der Waals surface area (Å²) in [6.07, 6.45) is 2.57. The molecule has 2 N–H and O–H groups in total. The van der Waals surface area contributed by atoms with E-state index in [1.165, 1.54) is 6.07 Å². The van der Waals surface area contributed by atoms with Crippen LogP contribution < -0.4 is 19.8 Å². The van der Waals surface area contributed by atoms with Crippen molar-refractivity contribution in [2.24, 2.45) is 5.92 Å². The molecule has 246 valence electrons. The summed E-state index contributed by atoms with van der Waals surface area (Å²) in [5, 5.41) is 3.27. The van der Waals surface area contributed by atoms with Crippen molar-refractivity contribution in [3.05, 3.63) is 65.5 Å². The highest BCUT2D eigenvalue weighted by Gasteiger charge is 2.41. The van der Waals surface area contributed by atoms with Gasteiger partial charge in [0, 0.05) is 49.4 Å². The molecule has 0 aromatic carbocycles. The van der Waals surface area contributed by atoms with Gasteiger partial charge in [0.15, 0.2) is 5.03 Å². The summed E-state index contributed by atoms with van der Waals surface area (Å²) >= 11 is 0. The van der Waals surface area contributed by atoms with E-state index in [9.17, 15) is 13.2 Å². The molecule has 3 aliphatic rings. The van der Waals surface area contributed by atoms with Crippen LogP contribution in [0.15, 0.2) is 53.6 Å². The van der Waals surface area contributed by atoms with Crippen LogP contribution in [0.3, 0.4) is 0 Å². The maximum absolute atomic E-state index is 13.7. The minimum atomic E-state index is -4.28. The van der Waals surface area contributed by atoms with Gasteiger partial charge in [-0.05, 0) is 82.5 Å². The lowest BCUT2D eigenvalue weighted by molar-refractivity contribution is 0.0981. The number of aromatic nitrogens is 3. The number of likely N-dealkylation sites (N-methyl/N-ethyl adjacent to an activating group) is 1. The molecule has 3 aromatic heterocycles. The lowest BCUT2D eigenvalue weighted by Gasteiger charge is -2.34. The first-order valence-corrected chi connectivity index (χ1v) is 17.7. The lowest BCUT2D eigenvalue weighted by Crippen LogP contribution is -2.44. The molecule has 0 spiro atoms. The van der Waals surface area contributed by atoms with Gasteiger partial charge in [0.25, 0.3) is 15.9 Å². The second kappa shape index (κ2) is 12.1. The van der Waals surface area contributed by atoms with E-state index in [1.54, 1.807) is 18.2 Å². The third-order valence-corrected chi connectivity index (χ3v) is 10.7. The third kappa shape index (κ3) is 6.69. The van der Waals surface area contributed by atoms with Gasteiger partial charge in [-0.15, -0.1) is 0 Å². The summed E-state index contributed by atoms with van der Waals surface area (Å²) < 4.78 is 29.4. The largest absolute Gasteiger partial charge is 0.362 e. The Balaban J connectivity index is 1.40. The zero-order chi connectivity index (χ0) is 32.9. The molecule has 0 aliphatic carbocycles. The highest BCUT2D eigenvalue weighted by molar-refractivity contribution is 7.90. The van der Waals surface area contributed by atoms with Crippen LogP contribution in [-0.4, -0.2) is 79.5 Å². The number of hydrogen-bond donors (Lipinski definition) is 2. The molecule has 6 rings (SSSR count). The molecule has 3 aromatic rings. The van der Waals surface area contributed by atoms with Gasteiger partial charge in [-0.1, -0.05) is 32.9 Å². The van der Waals surface area contributed by atoms with E-state index in [1.807, 2.05) is 18.2 Å². The topological polar surface area (TPSA) is 124 Å². The molecule has 2 saturated heterocycles. The third-order valence-electron chi connectivity index (χ3n) is 9.46. The number of fused-ring (bicyclic) bond motifs is 6. The second-order valence-corrected chi connectivity index (χ2v) is 16.2. The molecule has 0 unspecified atom stereocenters. The Morgan fingerprint density at radius 3 is 2.39 bits per heavy atom. The van der Waals surface area contributed by atoms with Crippen LogP contribution in [0, 0.1) is 5.92 Å². The monoisotopic (exact) mass is 646 g/mol. The molecule has 6 heterocycles. The Labute approximate surface area is 272 Å². The van der Waals surface area contributed by atoms with E-state index in [4.69, 9.17) is 9.97 Å². The minimum Gasteiger partial charge on any atom is -0.362 e. The van der Waals surface area contributed by atoms with Gasteiger partial charge in [-0.25, -0.2) is 19.7 Å². The summed E-state index contributed by atoms with van der Waals surface area (Å²) in [5.41, 5.74) is 1.40. The van der Waals surface area contributed by atoms with Crippen LogP contribution in [0.25, 0.3) is 0 Å². The first-order valence-electron chi connectivity index (χ1n) is 16.2. The van der Waals surface area contributed by atoms with Crippen molar-refractivity contribution >= 4 is 33.4 Å². The lowest BCUT2D eigenvalue weighted by atomic mass is 9.90. The Bertz CT molecular complexity index is 1710. The maximum Gasteiger partial charge on any atom is 0.281 e. The van der Waals surface area contributed by atoms with Gasteiger partial charge in [0.1, 0.15) is 17.5 Å². The van der Waals surface area contributed by atoms with Crippen molar-refractivity contribution in [2.75, 3.05) is 54.9 Å². The highest BCUT2D eigenvalue weighted by Crippen LogP contribution is 2.41. The molecule has 2 fully saturated rings. The van der Waals surface area contributed by atoms with E-state index in [0.717, 1.165) is 62.6 Å². The molecular formula is C34H46N8O3S. The predicted octanol–water partition coefficient (Wildman–Crippen LogP) is 4.59. The number of pyridine rings is 3. The molecule has 0 saturated carbocycles. The second-order valence-electron chi connectivity index (χ2n) is 14.6. The minimum absolute atomic E-state index is 0.201. The van der Waals surface area contributed by atoms with Crippen molar-refractivity contribution in [1.29, 1.82) is 0 Å². The number of sulfonamides is 1. The number of carbonyl (C=O) groups is 1. The number of nitrogens with one attached hydrogen (secondary N) is 2. The Morgan fingerprint density at radius 2 is 1.65 bits per heavy atom. The molecule has 1 amide bonds. The van der Waals surface area contributed by atoms with E-state index >= 15 is 0 Å². The Kier molecular flexibility index (Phi) is 8.47. The average Bonchev–Trinajstić information content (AvgIpc) is 3.32. The summed E-state index contributed by atoms with van der Waals surface area (Å²) in [7, 11) is -2.15. The van der Waals surface area contributed by atoms with Crippen molar-refractivity contribution < 1.29 is 13.2 Å². The van der Waals surface area contributed by atoms with Gasteiger partial charge < -0.3 is 20.0 Å². The molecular weight excluding hydrogens is 600 g/mol.